The van der Waals surface area contributed by atoms with Gasteiger partial charge in [0.05, 0.1) is 11.2 Å². The van der Waals surface area contributed by atoms with E-state index in [9.17, 15) is 0 Å². The van der Waals surface area contributed by atoms with E-state index in [0.717, 1.165) is 0 Å². The van der Waals surface area contributed by atoms with Gasteiger partial charge in [0, 0.05) is 6.20 Å². The Morgan fingerprint density at radius 3 is 2.24 bits per heavy atom. The van der Waals surface area contributed by atoms with Crippen molar-refractivity contribution in [2.45, 2.75) is 13.8 Å². The van der Waals surface area contributed by atoms with Gasteiger partial charge < -0.3 is 4.57 Å². The molecule has 0 amide bonds. The van der Waals surface area contributed by atoms with Gasteiger partial charge in [0.1, 0.15) is 0 Å². The van der Waals surface area contributed by atoms with Gasteiger partial charge in [0.15, 0.2) is 0 Å². The second kappa shape index (κ2) is 3.77. The smallest absolute Gasteiger partial charge is 0.0528 e. The number of aromatic nitrogens is 1. The van der Waals surface area contributed by atoms with Gasteiger partial charge in [0.2, 0.25) is 0 Å². The van der Waals surface area contributed by atoms with E-state index < -0.39 is 0 Å². The summed E-state index contributed by atoms with van der Waals surface area (Å²) in [6, 6.07) is 17.1. The lowest BCUT2D eigenvalue weighted by molar-refractivity contribution is 1.08. The fourth-order valence-electron chi connectivity index (χ4n) is 2.46. The van der Waals surface area contributed by atoms with E-state index in [1.165, 1.54) is 27.7 Å². The van der Waals surface area contributed by atoms with Crippen molar-refractivity contribution in [3.63, 3.8) is 0 Å². The molecule has 0 N–H and O–H groups in total. The third kappa shape index (κ3) is 1.55. The van der Waals surface area contributed by atoms with Crippen molar-refractivity contribution in [3.8, 4) is 5.69 Å². The predicted octanol–water partition coefficient (Wildman–Crippen LogP) is 4.25. The molecule has 1 aromatic heterocycles. The zero-order valence-electron chi connectivity index (χ0n) is 10.1. The molecule has 0 saturated heterocycles. The lowest BCUT2D eigenvalue weighted by Crippen LogP contribution is -1.98. The van der Waals surface area contributed by atoms with Gasteiger partial charge >= 0.3 is 0 Å². The quantitative estimate of drug-likeness (QED) is 0.579. The van der Waals surface area contributed by atoms with Crippen LogP contribution in [0.5, 0.6) is 0 Å². The summed E-state index contributed by atoms with van der Waals surface area (Å²) in [4.78, 5) is 0. The molecule has 3 aromatic rings. The number of hydrogen-bond donors (Lipinski definition) is 0. The van der Waals surface area contributed by atoms with E-state index in [1.807, 2.05) is 0 Å². The number of rotatable bonds is 1. The standard InChI is InChI=1S/C16H15N/c1-12-6-5-7-13(2)16(12)17-11-10-14-8-3-4-9-15(14)17/h3-11H,1-2H3. The van der Waals surface area contributed by atoms with Crippen LogP contribution >= 0.6 is 0 Å². The molecule has 0 aliphatic heterocycles. The molecule has 0 saturated carbocycles. The summed E-state index contributed by atoms with van der Waals surface area (Å²) in [6.07, 6.45) is 2.15. The fraction of sp³-hybridized carbons (Fsp3) is 0.125. The average Bonchev–Trinajstić information content (AvgIpc) is 2.73. The second-order valence-electron chi connectivity index (χ2n) is 4.48. The third-order valence-electron chi connectivity index (χ3n) is 3.28. The van der Waals surface area contributed by atoms with E-state index in [2.05, 4.69) is 73.1 Å². The Labute approximate surface area is 101 Å². The highest BCUT2D eigenvalue weighted by Crippen LogP contribution is 2.24. The molecule has 1 heteroatoms. The molecule has 0 fully saturated rings. The van der Waals surface area contributed by atoms with E-state index in [0.29, 0.717) is 0 Å². The maximum atomic E-state index is 2.28. The summed E-state index contributed by atoms with van der Waals surface area (Å²) < 4.78 is 2.28. The molecule has 0 aliphatic carbocycles. The first-order valence-corrected chi connectivity index (χ1v) is 5.90. The molecule has 0 aliphatic rings. The molecule has 0 bridgehead atoms. The van der Waals surface area contributed by atoms with Gasteiger partial charge in [-0.2, -0.15) is 0 Å². The molecule has 2 aromatic carbocycles. The maximum absolute atomic E-state index is 2.28. The maximum Gasteiger partial charge on any atom is 0.0528 e. The Morgan fingerprint density at radius 1 is 0.765 bits per heavy atom. The number of para-hydroxylation sites is 2. The highest BCUT2D eigenvalue weighted by Gasteiger charge is 2.07. The SMILES string of the molecule is Cc1cccc(C)c1-n1ccc2ccccc21. The summed E-state index contributed by atoms with van der Waals surface area (Å²) in [5, 5.41) is 1.29. The second-order valence-corrected chi connectivity index (χ2v) is 4.48. The van der Waals surface area contributed by atoms with Gasteiger partial charge in [0.25, 0.3) is 0 Å². The minimum Gasteiger partial charge on any atom is -0.316 e. The Hall–Kier alpha value is -2.02. The monoisotopic (exact) mass is 221 g/mol. The Balaban J connectivity index is 2.35. The van der Waals surface area contributed by atoms with Crippen LogP contribution in [0.3, 0.4) is 0 Å². The summed E-state index contributed by atoms with van der Waals surface area (Å²) in [6.45, 7) is 4.33. The lowest BCUT2D eigenvalue weighted by atomic mass is 10.1. The highest BCUT2D eigenvalue weighted by atomic mass is 15.0. The normalized spacial score (nSPS) is 10.9. The van der Waals surface area contributed by atoms with Crippen LogP contribution in [0, 0.1) is 13.8 Å². The first kappa shape index (κ1) is 10.2. The number of fused-ring (bicyclic) bond motifs is 1. The molecular formula is C16H15N. The Morgan fingerprint density at radius 2 is 1.47 bits per heavy atom. The van der Waals surface area contributed by atoms with Crippen LogP contribution in [0.4, 0.5) is 0 Å². The van der Waals surface area contributed by atoms with E-state index in [4.69, 9.17) is 0 Å². The van der Waals surface area contributed by atoms with Crippen molar-refractivity contribution >= 4 is 10.9 Å². The highest BCUT2D eigenvalue weighted by molar-refractivity contribution is 5.82. The Kier molecular flexibility index (Phi) is 2.25. The molecule has 1 heterocycles. The first-order chi connectivity index (χ1) is 8.27. The zero-order chi connectivity index (χ0) is 11.8. The van der Waals surface area contributed by atoms with Crippen LogP contribution in [-0.4, -0.2) is 4.57 Å². The molecular weight excluding hydrogens is 206 g/mol. The van der Waals surface area contributed by atoms with Gasteiger partial charge in [-0.3, -0.25) is 0 Å². The summed E-state index contributed by atoms with van der Waals surface area (Å²) in [5.74, 6) is 0. The lowest BCUT2D eigenvalue weighted by Gasteiger charge is -2.12. The van der Waals surface area contributed by atoms with E-state index in [-0.39, 0.29) is 0 Å². The van der Waals surface area contributed by atoms with Crippen molar-refractivity contribution < 1.29 is 0 Å². The molecule has 0 radical (unpaired) electrons. The minimum atomic E-state index is 1.27. The van der Waals surface area contributed by atoms with Crippen LogP contribution in [0.2, 0.25) is 0 Å². The van der Waals surface area contributed by atoms with Crippen LogP contribution in [-0.2, 0) is 0 Å². The number of hydrogen-bond acceptors (Lipinski definition) is 0. The van der Waals surface area contributed by atoms with Crippen LogP contribution in [0.15, 0.2) is 54.7 Å². The molecule has 3 rings (SSSR count). The first-order valence-electron chi connectivity index (χ1n) is 5.90. The zero-order valence-corrected chi connectivity index (χ0v) is 10.1. The molecule has 17 heavy (non-hydrogen) atoms. The van der Waals surface area contributed by atoms with Gasteiger partial charge in [-0.1, -0.05) is 36.4 Å². The van der Waals surface area contributed by atoms with Crippen LogP contribution in [0.25, 0.3) is 16.6 Å². The Bertz CT molecular complexity index is 657. The van der Waals surface area contributed by atoms with Crippen molar-refractivity contribution in [1.29, 1.82) is 0 Å². The number of benzene rings is 2. The van der Waals surface area contributed by atoms with Crippen molar-refractivity contribution in [2.75, 3.05) is 0 Å². The van der Waals surface area contributed by atoms with Crippen LogP contribution in [0.1, 0.15) is 11.1 Å². The van der Waals surface area contributed by atoms with Crippen molar-refractivity contribution in [2.24, 2.45) is 0 Å². The van der Waals surface area contributed by atoms with Crippen molar-refractivity contribution in [3.05, 3.63) is 65.9 Å². The van der Waals surface area contributed by atoms with Crippen molar-refractivity contribution in [1.82, 2.24) is 4.57 Å². The van der Waals surface area contributed by atoms with Gasteiger partial charge in [-0.25, -0.2) is 0 Å². The predicted molar refractivity (Wildman–Crippen MR) is 72.7 cm³/mol. The molecule has 0 unspecified atom stereocenters. The molecule has 84 valence electrons. The fourth-order valence-corrected chi connectivity index (χ4v) is 2.46. The van der Waals surface area contributed by atoms with E-state index in [1.54, 1.807) is 0 Å². The van der Waals surface area contributed by atoms with Crippen LogP contribution < -0.4 is 0 Å². The largest absolute Gasteiger partial charge is 0.316 e. The number of aryl methyl sites for hydroxylation is 2. The van der Waals surface area contributed by atoms with Gasteiger partial charge in [-0.15, -0.1) is 0 Å². The molecule has 0 atom stereocenters. The van der Waals surface area contributed by atoms with E-state index >= 15 is 0 Å². The average molecular weight is 221 g/mol. The minimum absolute atomic E-state index is 1.27. The topological polar surface area (TPSA) is 4.93 Å². The third-order valence-corrected chi connectivity index (χ3v) is 3.28. The summed E-state index contributed by atoms with van der Waals surface area (Å²) >= 11 is 0. The molecule has 1 nitrogen and oxygen atoms in total. The van der Waals surface area contributed by atoms with Gasteiger partial charge in [-0.05, 0) is 42.5 Å². The number of nitrogens with zero attached hydrogens (tertiary/aromatic N) is 1. The molecule has 0 spiro atoms. The summed E-state index contributed by atoms with van der Waals surface area (Å²) in [7, 11) is 0. The summed E-state index contributed by atoms with van der Waals surface area (Å²) in [5.41, 5.74) is 5.19.